The Labute approximate surface area is 189 Å². The predicted molar refractivity (Wildman–Crippen MR) is 129 cm³/mol. The molecule has 5 rings (SSSR count). The Morgan fingerprint density at radius 2 is 2.13 bits per heavy atom. The number of fused-ring (bicyclic) bond motifs is 4. The molecule has 0 unspecified atom stereocenters. The Morgan fingerprint density at radius 1 is 1.32 bits per heavy atom. The van der Waals surface area contributed by atoms with Crippen LogP contribution < -0.4 is 10.5 Å². The van der Waals surface area contributed by atoms with Gasteiger partial charge in [0.05, 0.1) is 11.1 Å². The molecular weight excluding hydrogens is 426 g/mol. The van der Waals surface area contributed by atoms with Crippen molar-refractivity contribution in [3.05, 3.63) is 63.3 Å². The number of aryl methyl sites for hydroxylation is 2. The minimum absolute atomic E-state index is 0.000801. The standard InChI is InChI=1S/C24H25N3O2S2/c1-3-12-26-23(29)21-17-9-5-7-11-19(17)31-22(21)25-24(26)30-14-20(28)27-15(2)13-16-8-4-6-10-18(16)27/h3-4,6,8,10,15H,1,5,7,9,11-14H2,2H3/t15-/m0/s1. The normalized spacial score (nSPS) is 17.6. The quantitative estimate of drug-likeness (QED) is 0.323. The summed E-state index contributed by atoms with van der Waals surface area (Å²) in [6.45, 7) is 6.29. The van der Waals surface area contributed by atoms with E-state index in [-0.39, 0.29) is 23.3 Å². The Bertz CT molecular complexity index is 1240. The smallest absolute Gasteiger partial charge is 0.263 e. The molecule has 0 N–H and O–H groups in total. The molecule has 0 spiro atoms. The molecule has 0 saturated heterocycles. The van der Waals surface area contributed by atoms with Gasteiger partial charge in [-0.1, -0.05) is 36.0 Å². The Kier molecular flexibility index (Phi) is 5.48. The molecule has 1 amide bonds. The van der Waals surface area contributed by atoms with Crippen molar-refractivity contribution in [2.24, 2.45) is 0 Å². The van der Waals surface area contributed by atoms with Crippen LogP contribution in [0.4, 0.5) is 5.69 Å². The molecule has 1 aliphatic carbocycles. The number of thiophene rings is 1. The van der Waals surface area contributed by atoms with Gasteiger partial charge in [-0.15, -0.1) is 17.9 Å². The van der Waals surface area contributed by atoms with Crippen LogP contribution in [0, 0.1) is 0 Å². The van der Waals surface area contributed by atoms with Crippen LogP contribution in [0.5, 0.6) is 0 Å². The zero-order valence-corrected chi connectivity index (χ0v) is 19.2. The summed E-state index contributed by atoms with van der Waals surface area (Å²) in [5.74, 6) is 0.297. The van der Waals surface area contributed by atoms with Crippen molar-refractivity contribution in [3.8, 4) is 0 Å². The van der Waals surface area contributed by atoms with Gasteiger partial charge in [0.2, 0.25) is 5.91 Å². The number of aromatic nitrogens is 2. The predicted octanol–water partition coefficient (Wildman–Crippen LogP) is 4.59. The first-order chi connectivity index (χ1) is 15.1. The van der Waals surface area contributed by atoms with Crippen molar-refractivity contribution < 1.29 is 4.79 Å². The molecule has 1 aliphatic heterocycles. The molecule has 31 heavy (non-hydrogen) atoms. The number of rotatable bonds is 5. The lowest BCUT2D eigenvalue weighted by molar-refractivity contribution is -0.116. The molecular formula is C24H25N3O2S2. The maximum Gasteiger partial charge on any atom is 0.263 e. The Balaban J connectivity index is 1.46. The molecule has 2 aromatic heterocycles. The summed E-state index contributed by atoms with van der Waals surface area (Å²) >= 11 is 3.00. The molecule has 0 radical (unpaired) electrons. The number of thioether (sulfide) groups is 1. The van der Waals surface area contributed by atoms with Crippen LogP contribution in [-0.4, -0.2) is 27.3 Å². The number of amides is 1. The van der Waals surface area contributed by atoms with Crippen LogP contribution in [0.1, 0.15) is 35.8 Å². The Hall–Kier alpha value is -2.38. The van der Waals surface area contributed by atoms with Crippen molar-refractivity contribution >= 4 is 44.9 Å². The Morgan fingerprint density at radius 3 is 2.97 bits per heavy atom. The maximum absolute atomic E-state index is 13.4. The van der Waals surface area contributed by atoms with E-state index in [0.717, 1.165) is 41.6 Å². The molecule has 2 aliphatic rings. The van der Waals surface area contributed by atoms with Crippen LogP contribution in [0.2, 0.25) is 0 Å². The van der Waals surface area contributed by atoms with Gasteiger partial charge in [0.15, 0.2) is 5.16 Å². The number of para-hydroxylation sites is 1. The lowest BCUT2D eigenvalue weighted by atomic mass is 9.97. The molecule has 5 nitrogen and oxygen atoms in total. The summed E-state index contributed by atoms with van der Waals surface area (Å²) in [6.07, 6.45) is 6.88. The van der Waals surface area contributed by atoms with Crippen molar-refractivity contribution in [2.45, 2.75) is 56.8 Å². The third-order valence-electron chi connectivity index (χ3n) is 6.15. The molecule has 0 saturated carbocycles. The van der Waals surface area contributed by atoms with Gasteiger partial charge in [0.25, 0.3) is 5.56 Å². The molecule has 1 atom stereocenters. The van der Waals surface area contributed by atoms with Crippen LogP contribution in [-0.2, 0) is 30.6 Å². The minimum Gasteiger partial charge on any atom is -0.308 e. The molecule has 0 bridgehead atoms. The third-order valence-corrected chi connectivity index (χ3v) is 8.30. The van der Waals surface area contributed by atoms with Crippen LogP contribution in [0.15, 0.2) is 46.9 Å². The first-order valence-corrected chi connectivity index (χ1v) is 12.6. The second-order valence-corrected chi connectivity index (χ2v) is 10.3. The molecule has 3 heterocycles. The second-order valence-electron chi connectivity index (χ2n) is 8.22. The fourth-order valence-corrected chi connectivity index (χ4v) is 6.93. The second kappa shape index (κ2) is 8.28. The van der Waals surface area contributed by atoms with E-state index in [1.807, 2.05) is 23.1 Å². The highest BCUT2D eigenvalue weighted by Crippen LogP contribution is 2.35. The lowest BCUT2D eigenvalue weighted by Crippen LogP contribution is -2.37. The topological polar surface area (TPSA) is 55.2 Å². The summed E-state index contributed by atoms with van der Waals surface area (Å²) < 4.78 is 1.68. The highest BCUT2D eigenvalue weighted by atomic mass is 32.2. The van der Waals surface area contributed by atoms with Gasteiger partial charge < -0.3 is 4.90 Å². The average Bonchev–Trinajstić information content (AvgIpc) is 3.31. The minimum atomic E-state index is -0.000801. The highest BCUT2D eigenvalue weighted by molar-refractivity contribution is 7.99. The van der Waals surface area contributed by atoms with E-state index in [9.17, 15) is 9.59 Å². The zero-order valence-electron chi connectivity index (χ0n) is 17.6. The van der Waals surface area contributed by atoms with Gasteiger partial charge in [0.1, 0.15) is 4.83 Å². The molecule has 3 aromatic rings. The molecule has 7 heteroatoms. The van der Waals surface area contributed by atoms with Gasteiger partial charge >= 0.3 is 0 Å². The fraction of sp³-hybridized carbons (Fsp3) is 0.375. The number of carbonyl (C=O) groups is 1. The van der Waals surface area contributed by atoms with E-state index in [1.54, 1.807) is 22.0 Å². The van der Waals surface area contributed by atoms with E-state index in [1.165, 1.54) is 34.2 Å². The first kappa shape index (κ1) is 20.5. The first-order valence-electron chi connectivity index (χ1n) is 10.8. The van der Waals surface area contributed by atoms with Gasteiger partial charge in [-0.2, -0.15) is 0 Å². The summed E-state index contributed by atoms with van der Waals surface area (Å²) in [4.78, 5) is 35.4. The number of benzene rings is 1. The number of allylic oxidation sites excluding steroid dienone is 1. The van der Waals surface area contributed by atoms with Crippen molar-refractivity contribution in [3.63, 3.8) is 0 Å². The van der Waals surface area contributed by atoms with Crippen LogP contribution in [0.25, 0.3) is 10.2 Å². The third kappa shape index (κ3) is 3.53. The summed E-state index contributed by atoms with van der Waals surface area (Å²) in [7, 11) is 0. The van der Waals surface area contributed by atoms with Crippen molar-refractivity contribution in [1.82, 2.24) is 9.55 Å². The van der Waals surface area contributed by atoms with E-state index in [4.69, 9.17) is 4.98 Å². The molecule has 160 valence electrons. The zero-order chi connectivity index (χ0) is 21.5. The SMILES string of the molecule is C=CCn1c(SCC(=O)N2c3ccccc3C[C@@H]2C)nc2sc3c(c2c1=O)CCCC3. The number of hydrogen-bond donors (Lipinski definition) is 0. The van der Waals surface area contributed by atoms with E-state index < -0.39 is 0 Å². The van der Waals surface area contributed by atoms with E-state index in [0.29, 0.717) is 11.7 Å². The van der Waals surface area contributed by atoms with Crippen molar-refractivity contribution in [1.29, 1.82) is 0 Å². The van der Waals surface area contributed by atoms with Crippen LogP contribution in [0.3, 0.4) is 0 Å². The maximum atomic E-state index is 13.4. The summed E-state index contributed by atoms with van der Waals surface area (Å²) in [5.41, 5.74) is 3.40. The van der Waals surface area contributed by atoms with E-state index in [2.05, 4.69) is 19.6 Å². The van der Waals surface area contributed by atoms with Gasteiger partial charge in [-0.05, 0) is 56.2 Å². The molecule has 1 aromatic carbocycles. The monoisotopic (exact) mass is 451 g/mol. The molecule has 0 fully saturated rings. The van der Waals surface area contributed by atoms with Crippen molar-refractivity contribution in [2.75, 3.05) is 10.7 Å². The number of carbonyl (C=O) groups excluding carboxylic acids is 1. The largest absolute Gasteiger partial charge is 0.308 e. The van der Waals surface area contributed by atoms with Gasteiger partial charge in [0, 0.05) is 23.2 Å². The number of hydrogen-bond acceptors (Lipinski definition) is 5. The lowest BCUT2D eigenvalue weighted by Gasteiger charge is -2.22. The summed E-state index contributed by atoms with van der Waals surface area (Å²) in [6, 6.07) is 8.22. The number of anilines is 1. The van der Waals surface area contributed by atoms with Gasteiger partial charge in [-0.25, -0.2) is 4.98 Å². The van der Waals surface area contributed by atoms with E-state index >= 15 is 0 Å². The average molecular weight is 452 g/mol. The summed E-state index contributed by atoms with van der Waals surface area (Å²) in [5, 5.41) is 1.38. The van der Waals surface area contributed by atoms with Gasteiger partial charge in [-0.3, -0.25) is 14.2 Å². The fourth-order valence-electron chi connectivity index (χ4n) is 4.76. The number of nitrogens with zero attached hydrogens (tertiary/aromatic N) is 3. The highest BCUT2D eigenvalue weighted by Gasteiger charge is 2.31. The van der Waals surface area contributed by atoms with Crippen LogP contribution >= 0.6 is 23.1 Å².